The van der Waals surface area contributed by atoms with Gasteiger partial charge in [-0.05, 0) is 0 Å². The molecule has 0 atom stereocenters. The van der Waals surface area contributed by atoms with Crippen LogP contribution in [-0.2, 0) is 0 Å². The van der Waals surface area contributed by atoms with Crippen LogP contribution in [0, 0.1) is 0 Å². The Kier molecular flexibility index (Phi) is 4.54. The highest BCUT2D eigenvalue weighted by Crippen LogP contribution is 2.04. The molecule has 11 heavy (non-hydrogen) atoms. The minimum absolute atomic E-state index is 0. The first-order valence-electron chi connectivity index (χ1n) is 3.11. The lowest BCUT2D eigenvalue weighted by molar-refractivity contribution is 1.05. The summed E-state index contributed by atoms with van der Waals surface area (Å²) in [5.41, 5.74) is 0.993. The lowest BCUT2D eigenvalue weighted by Crippen LogP contribution is -1.89. The number of aromatic nitrogens is 2. The molecule has 0 radical (unpaired) electrons. The van der Waals surface area contributed by atoms with Gasteiger partial charge in [-0.2, -0.15) is 0 Å². The lowest BCUT2D eigenvalue weighted by atomic mass is 10.3. The summed E-state index contributed by atoms with van der Waals surface area (Å²) in [4.78, 5) is 3.89. The normalized spacial score (nSPS) is 8.36. The van der Waals surface area contributed by atoms with Gasteiger partial charge in [0.15, 0.2) is 0 Å². The largest absolute Gasteiger partial charge is 0.310 e. The van der Waals surface area contributed by atoms with Crippen LogP contribution in [0.2, 0.25) is 0 Å². The Balaban J connectivity index is 0.000001000. The first-order chi connectivity index (χ1) is 4.84. The number of hydrogen-bond donors (Lipinski definition) is 0. The van der Waals surface area contributed by atoms with E-state index >= 15 is 0 Å². The van der Waals surface area contributed by atoms with E-state index in [4.69, 9.17) is 0 Å². The molecule has 0 bridgehead atoms. The van der Waals surface area contributed by atoms with Gasteiger partial charge in [0, 0.05) is 24.5 Å². The van der Waals surface area contributed by atoms with Crippen LogP contribution in [0.1, 0.15) is 6.42 Å². The second kappa shape index (κ2) is 4.91. The van der Waals surface area contributed by atoms with Crippen molar-refractivity contribution >= 4 is 22.7 Å². The summed E-state index contributed by atoms with van der Waals surface area (Å²) in [5, 5.41) is 0. The van der Waals surface area contributed by atoms with E-state index in [1.807, 2.05) is 16.8 Å². The second-order valence-electron chi connectivity index (χ2n) is 2.03. The van der Waals surface area contributed by atoms with Gasteiger partial charge < -0.3 is 4.57 Å². The van der Waals surface area contributed by atoms with Crippen molar-refractivity contribution in [3.63, 3.8) is 0 Å². The molecule has 0 saturated carbocycles. The molecule has 0 amide bonds. The van der Waals surface area contributed by atoms with E-state index in [2.05, 4.69) is 18.1 Å². The summed E-state index contributed by atoms with van der Waals surface area (Å²) in [7, 11) is 0. The Morgan fingerprint density at radius 2 is 2.36 bits per heavy atom. The van der Waals surface area contributed by atoms with Gasteiger partial charge in [0.2, 0.25) is 0 Å². The molecular formula is C8H11BrN2. The van der Waals surface area contributed by atoms with E-state index < -0.39 is 0 Å². The molecule has 0 aromatic carbocycles. The standard InChI is InChI=1S/C8H10N2.BrH/c1-3-4-8(2)10-6-5-9-7-10;/h3,5-7H,1-2,4H2;1H. The fourth-order valence-electron chi connectivity index (χ4n) is 0.718. The molecule has 0 N–H and O–H groups in total. The number of hydrogen-bond acceptors (Lipinski definition) is 1. The van der Waals surface area contributed by atoms with Gasteiger partial charge in [-0.3, -0.25) is 0 Å². The van der Waals surface area contributed by atoms with E-state index in [9.17, 15) is 0 Å². The zero-order chi connectivity index (χ0) is 7.40. The maximum Gasteiger partial charge on any atom is 0.0989 e. The van der Waals surface area contributed by atoms with Crippen molar-refractivity contribution < 1.29 is 0 Å². The monoisotopic (exact) mass is 214 g/mol. The van der Waals surface area contributed by atoms with Crippen LogP contribution < -0.4 is 0 Å². The third kappa shape index (κ3) is 2.72. The molecule has 0 aliphatic rings. The lowest BCUT2D eigenvalue weighted by Gasteiger charge is -2.00. The minimum atomic E-state index is 0. The van der Waals surface area contributed by atoms with E-state index in [0.29, 0.717) is 0 Å². The maximum atomic E-state index is 3.89. The molecule has 0 aliphatic heterocycles. The van der Waals surface area contributed by atoms with Crippen LogP contribution in [0.25, 0.3) is 5.70 Å². The molecule has 60 valence electrons. The van der Waals surface area contributed by atoms with E-state index in [-0.39, 0.29) is 17.0 Å². The number of halogens is 1. The number of imidazole rings is 1. The molecule has 0 fully saturated rings. The van der Waals surface area contributed by atoms with Crippen LogP contribution in [0.3, 0.4) is 0 Å². The summed E-state index contributed by atoms with van der Waals surface area (Å²) >= 11 is 0. The fourth-order valence-corrected chi connectivity index (χ4v) is 0.718. The number of allylic oxidation sites excluding steroid dienone is 2. The van der Waals surface area contributed by atoms with Gasteiger partial charge in [0.25, 0.3) is 0 Å². The summed E-state index contributed by atoms with van der Waals surface area (Å²) in [6.07, 6.45) is 7.95. The van der Waals surface area contributed by atoms with Crippen molar-refractivity contribution in [1.82, 2.24) is 9.55 Å². The summed E-state index contributed by atoms with van der Waals surface area (Å²) in [6.45, 7) is 7.45. The van der Waals surface area contributed by atoms with Crippen molar-refractivity contribution in [2.75, 3.05) is 0 Å². The van der Waals surface area contributed by atoms with Crippen LogP contribution in [0.15, 0.2) is 38.0 Å². The predicted molar refractivity (Wildman–Crippen MR) is 52.7 cm³/mol. The SMILES string of the molecule is Br.C=CCC(=C)n1ccnc1. The van der Waals surface area contributed by atoms with Crippen LogP contribution in [-0.4, -0.2) is 9.55 Å². The third-order valence-corrected chi connectivity index (χ3v) is 1.25. The van der Waals surface area contributed by atoms with Gasteiger partial charge in [-0.25, -0.2) is 4.98 Å². The Morgan fingerprint density at radius 1 is 1.64 bits per heavy atom. The molecule has 0 spiro atoms. The summed E-state index contributed by atoms with van der Waals surface area (Å²) < 4.78 is 1.88. The average Bonchev–Trinajstić information content (AvgIpc) is 2.38. The first kappa shape index (κ1) is 10.2. The van der Waals surface area contributed by atoms with Crippen LogP contribution in [0.4, 0.5) is 0 Å². The number of rotatable bonds is 3. The van der Waals surface area contributed by atoms with Crippen molar-refractivity contribution in [3.05, 3.63) is 38.0 Å². The number of nitrogens with zero attached hydrogens (tertiary/aromatic N) is 2. The highest BCUT2D eigenvalue weighted by Gasteiger charge is 1.90. The molecule has 1 rings (SSSR count). The summed E-state index contributed by atoms with van der Waals surface area (Å²) in [5.74, 6) is 0. The molecule has 3 heteroatoms. The first-order valence-corrected chi connectivity index (χ1v) is 3.11. The van der Waals surface area contributed by atoms with Gasteiger partial charge in [-0.15, -0.1) is 23.6 Å². The summed E-state index contributed by atoms with van der Waals surface area (Å²) in [6, 6.07) is 0. The fraction of sp³-hybridized carbons (Fsp3) is 0.125. The van der Waals surface area contributed by atoms with E-state index in [0.717, 1.165) is 12.1 Å². The predicted octanol–water partition coefficient (Wildman–Crippen LogP) is 2.51. The molecule has 2 nitrogen and oxygen atoms in total. The topological polar surface area (TPSA) is 17.8 Å². The Labute approximate surface area is 77.0 Å². The highest BCUT2D eigenvalue weighted by atomic mass is 79.9. The molecule has 0 aliphatic carbocycles. The van der Waals surface area contributed by atoms with Crippen molar-refractivity contribution in [1.29, 1.82) is 0 Å². The molecule has 1 aromatic heterocycles. The highest BCUT2D eigenvalue weighted by molar-refractivity contribution is 8.93. The molecular weight excluding hydrogens is 204 g/mol. The van der Waals surface area contributed by atoms with Crippen LogP contribution >= 0.6 is 17.0 Å². The molecule has 0 saturated heterocycles. The maximum absolute atomic E-state index is 3.89. The minimum Gasteiger partial charge on any atom is -0.310 e. The van der Waals surface area contributed by atoms with Gasteiger partial charge >= 0.3 is 0 Å². The van der Waals surface area contributed by atoms with Crippen molar-refractivity contribution in [3.8, 4) is 0 Å². The third-order valence-electron chi connectivity index (χ3n) is 1.25. The van der Waals surface area contributed by atoms with Gasteiger partial charge in [0.1, 0.15) is 0 Å². The van der Waals surface area contributed by atoms with E-state index in [1.54, 1.807) is 12.5 Å². The molecule has 0 unspecified atom stereocenters. The zero-order valence-corrected chi connectivity index (χ0v) is 7.95. The Hall–Kier alpha value is -0.830. The average molecular weight is 215 g/mol. The smallest absolute Gasteiger partial charge is 0.0989 e. The Morgan fingerprint density at radius 3 is 2.82 bits per heavy atom. The van der Waals surface area contributed by atoms with Crippen molar-refractivity contribution in [2.45, 2.75) is 6.42 Å². The quantitative estimate of drug-likeness (QED) is 0.708. The zero-order valence-electron chi connectivity index (χ0n) is 6.23. The van der Waals surface area contributed by atoms with Gasteiger partial charge in [0.05, 0.1) is 6.33 Å². The second-order valence-corrected chi connectivity index (χ2v) is 2.03. The van der Waals surface area contributed by atoms with Crippen molar-refractivity contribution in [2.24, 2.45) is 0 Å². The molecule has 1 heterocycles. The van der Waals surface area contributed by atoms with Gasteiger partial charge in [-0.1, -0.05) is 12.7 Å². The van der Waals surface area contributed by atoms with Crippen LogP contribution in [0.5, 0.6) is 0 Å². The molecule has 1 aromatic rings. The Bertz CT molecular complexity index is 226. The van der Waals surface area contributed by atoms with E-state index in [1.165, 1.54) is 0 Å².